The summed E-state index contributed by atoms with van der Waals surface area (Å²) in [5.74, 6) is -0.848. The fourth-order valence-corrected chi connectivity index (χ4v) is 3.87. The average Bonchev–Trinajstić information content (AvgIpc) is 2.82. The van der Waals surface area contributed by atoms with E-state index in [-0.39, 0.29) is 16.4 Å². The molecular weight excluding hydrogens is 300 g/mol. The maximum Gasteiger partial charge on any atom is 0.327 e. The second-order valence-corrected chi connectivity index (χ2v) is 6.11. The molecule has 2 rings (SSSR count). The second kappa shape index (κ2) is 6.45. The minimum absolute atomic E-state index is 0.0967. The summed E-state index contributed by atoms with van der Waals surface area (Å²) in [4.78, 5) is 29.2. The van der Waals surface area contributed by atoms with Crippen molar-refractivity contribution in [2.45, 2.75) is 31.2 Å². The van der Waals surface area contributed by atoms with Crippen LogP contribution in [0.2, 0.25) is 5.15 Å². The van der Waals surface area contributed by atoms with Gasteiger partial charge in [0.15, 0.2) is 0 Å². The molecule has 1 aliphatic heterocycles. The molecule has 0 aromatic carbocycles. The first-order valence-corrected chi connectivity index (χ1v) is 7.76. The lowest BCUT2D eigenvalue weighted by molar-refractivity contribution is -0.141. The van der Waals surface area contributed by atoms with Gasteiger partial charge in [-0.3, -0.25) is 4.79 Å². The van der Waals surface area contributed by atoms with Gasteiger partial charge in [0.1, 0.15) is 11.2 Å². The molecule has 1 saturated heterocycles. The van der Waals surface area contributed by atoms with Crippen LogP contribution in [0.3, 0.4) is 0 Å². The summed E-state index contributed by atoms with van der Waals surface area (Å²) in [5.41, 5.74) is 0.375. The summed E-state index contributed by atoms with van der Waals surface area (Å²) in [5, 5.41) is 9.40. The van der Waals surface area contributed by atoms with Crippen LogP contribution in [0.15, 0.2) is 18.3 Å². The highest BCUT2D eigenvalue weighted by Crippen LogP contribution is 2.33. The number of carboxylic acid groups (broad SMARTS) is 1. The largest absolute Gasteiger partial charge is 0.480 e. The quantitative estimate of drug-likeness (QED) is 0.865. The zero-order valence-corrected chi connectivity index (χ0v) is 12.5. The number of carbonyl (C=O) groups excluding carboxylic acids is 1. The summed E-state index contributed by atoms with van der Waals surface area (Å²) in [7, 11) is 0. The molecule has 2 heterocycles. The fraction of sp³-hybridized carbons (Fsp3) is 0.462. The Hall–Kier alpha value is -1.27. The summed E-state index contributed by atoms with van der Waals surface area (Å²) < 4.78 is 0. The van der Waals surface area contributed by atoms with Crippen LogP contribution in [0.4, 0.5) is 0 Å². The summed E-state index contributed by atoms with van der Waals surface area (Å²) >= 11 is 7.30. The van der Waals surface area contributed by atoms with Crippen molar-refractivity contribution in [3.8, 4) is 0 Å². The van der Waals surface area contributed by atoms with E-state index < -0.39 is 12.0 Å². The molecule has 1 aromatic heterocycles. The Morgan fingerprint density at radius 3 is 2.95 bits per heavy atom. The van der Waals surface area contributed by atoms with Gasteiger partial charge in [-0.15, -0.1) is 11.8 Å². The third-order valence-corrected chi connectivity index (χ3v) is 4.68. The smallest absolute Gasteiger partial charge is 0.327 e. The number of nitrogens with zero attached hydrogens (tertiary/aromatic N) is 2. The Labute approximate surface area is 126 Å². The number of pyridine rings is 1. The summed E-state index contributed by atoms with van der Waals surface area (Å²) in [6.45, 7) is 2.01. The zero-order chi connectivity index (χ0) is 14.7. The number of hydrogen-bond acceptors (Lipinski definition) is 4. The Morgan fingerprint density at radius 2 is 2.35 bits per heavy atom. The fourth-order valence-electron chi connectivity index (χ4n) is 2.18. The number of amides is 1. The Balaban J connectivity index is 2.29. The molecule has 0 bridgehead atoms. The molecule has 0 spiro atoms. The molecule has 1 aliphatic rings. The minimum Gasteiger partial charge on any atom is -0.480 e. The van der Waals surface area contributed by atoms with Crippen molar-refractivity contribution in [1.82, 2.24) is 9.88 Å². The van der Waals surface area contributed by atoms with Gasteiger partial charge in [-0.05, 0) is 18.6 Å². The van der Waals surface area contributed by atoms with Gasteiger partial charge < -0.3 is 10.0 Å². The lowest BCUT2D eigenvalue weighted by Gasteiger charge is -2.27. The maximum absolute atomic E-state index is 12.6. The molecule has 20 heavy (non-hydrogen) atoms. The van der Waals surface area contributed by atoms with Gasteiger partial charge in [0.2, 0.25) is 0 Å². The molecule has 5 nitrogen and oxygen atoms in total. The van der Waals surface area contributed by atoms with Crippen LogP contribution in [-0.4, -0.2) is 44.0 Å². The highest BCUT2D eigenvalue weighted by atomic mass is 35.5. The standard InChI is InChI=1S/C13H15ClN2O3S/c1-2-3-11-16(9(7-20-11)13(18)19)12(17)8-4-5-15-10(14)6-8/h4-6,9,11H,2-3,7H2,1H3,(H,18,19). The SMILES string of the molecule is CCCC1SCC(C(=O)O)N1C(=O)c1ccnc(Cl)c1. The maximum atomic E-state index is 12.6. The molecule has 2 atom stereocenters. The first kappa shape index (κ1) is 15.1. The number of aromatic nitrogens is 1. The van der Waals surface area contributed by atoms with Gasteiger partial charge in [-0.25, -0.2) is 9.78 Å². The lowest BCUT2D eigenvalue weighted by atomic mass is 10.1. The van der Waals surface area contributed by atoms with Crippen LogP contribution < -0.4 is 0 Å². The van der Waals surface area contributed by atoms with Crippen LogP contribution in [-0.2, 0) is 4.79 Å². The van der Waals surface area contributed by atoms with Crippen LogP contribution in [0.1, 0.15) is 30.1 Å². The second-order valence-electron chi connectivity index (χ2n) is 4.51. The van der Waals surface area contributed by atoms with Crippen LogP contribution in [0.25, 0.3) is 0 Å². The number of carbonyl (C=O) groups is 2. The highest BCUT2D eigenvalue weighted by molar-refractivity contribution is 8.00. The monoisotopic (exact) mass is 314 g/mol. The molecular formula is C13H15ClN2O3S. The van der Waals surface area contributed by atoms with Crippen molar-refractivity contribution in [2.75, 3.05) is 5.75 Å². The van der Waals surface area contributed by atoms with Crippen molar-refractivity contribution >= 4 is 35.2 Å². The summed E-state index contributed by atoms with van der Waals surface area (Å²) in [6, 6.07) is 2.24. The van der Waals surface area contributed by atoms with Gasteiger partial charge in [0, 0.05) is 17.5 Å². The van der Waals surface area contributed by atoms with E-state index in [9.17, 15) is 14.7 Å². The molecule has 0 saturated carbocycles. The third kappa shape index (κ3) is 3.07. The summed E-state index contributed by atoms with van der Waals surface area (Å²) in [6.07, 6.45) is 3.12. The zero-order valence-electron chi connectivity index (χ0n) is 11.0. The number of rotatable bonds is 4. The van der Waals surface area contributed by atoms with E-state index in [1.165, 1.54) is 28.9 Å². The van der Waals surface area contributed by atoms with Crippen LogP contribution in [0, 0.1) is 0 Å². The van der Waals surface area contributed by atoms with Crippen molar-refractivity contribution in [3.05, 3.63) is 29.0 Å². The van der Waals surface area contributed by atoms with E-state index in [0.717, 1.165) is 12.8 Å². The number of halogens is 1. The Kier molecular flexibility index (Phi) is 4.88. The van der Waals surface area contributed by atoms with Crippen molar-refractivity contribution in [1.29, 1.82) is 0 Å². The Morgan fingerprint density at radius 1 is 1.60 bits per heavy atom. The predicted molar refractivity (Wildman–Crippen MR) is 78.0 cm³/mol. The number of carboxylic acids is 1. The Bertz CT molecular complexity index is 526. The molecule has 2 unspecified atom stereocenters. The van der Waals surface area contributed by atoms with E-state index in [4.69, 9.17) is 11.6 Å². The van der Waals surface area contributed by atoms with Crippen LogP contribution in [0.5, 0.6) is 0 Å². The first-order chi connectivity index (χ1) is 9.54. The number of thioether (sulfide) groups is 1. The van der Waals surface area contributed by atoms with Gasteiger partial charge in [-0.2, -0.15) is 0 Å². The molecule has 108 valence electrons. The van der Waals surface area contributed by atoms with Crippen molar-refractivity contribution in [3.63, 3.8) is 0 Å². The van der Waals surface area contributed by atoms with Gasteiger partial charge in [-0.1, -0.05) is 24.9 Å². The molecule has 1 amide bonds. The molecule has 1 N–H and O–H groups in total. The average molecular weight is 315 g/mol. The molecule has 7 heteroatoms. The van der Waals surface area contributed by atoms with Gasteiger partial charge in [0.05, 0.1) is 5.37 Å². The van der Waals surface area contributed by atoms with Crippen molar-refractivity contribution < 1.29 is 14.7 Å². The lowest BCUT2D eigenvalue weighted by Crippen LogP contribution is -2.45. The molecule has 0 aliphatic carbocycles. The first-order valence-electron chi connectivity index (χ1n) is 6.33. The van der Waals surface area contributed by atoms with E-state index in [1.807, 2.05) is 6.92 Å². The van der Waals surface area contributed by atoms with E-state index in [1.54, 1.807) is 6.07 Å². The van der Waals surface area contributed by atoms with Crippen molar-refractivity contribution in [2.24, 2.45) is 0 Å². The third-order valence-electron chi connectivity index (χ3n) is 3.12. The van der Waals surface area contributed by atoms with E-state index in [0.29, 0.717) is 11.3 Å². The van der Waals surface area contributed by atoms with E-state index in [2.05, 4.69) is 4.98 Å². The van der Waals surface area contributed by atoms with Gasteiger partial charge in [0.25, 0.3) is 5.91 Å². The molecule has 1 aromatic rings. The van der Waals surface area contributed by atoms with Gasteiger partial charge >= 0.3 is 5.97 Å². The minimum atomic E-state index is -0.968. The normalized spacial score (nSPS) is 22.0. The topological polar surface area (TPSA) is 70.5 Å². The molecule has 0 radical (unpaired) electrons. The molecule has 1 fully saturated rings. The predicted octanol–water partition coefficient (Wildman–Crippen LogP) is 2.50. The highest BCUT2D eigenvalue weighted by Gasteiger charge is 2.41. The van der Waals surface area contributed by atoms with E-state index >= 15 is 0 Å². The number of hydrogen-bond donors (Lipinski definition) is 1. The van der Waals surface area contributed by atoms with Crippen LogP contribution >= 0.6 is 23.4 Å². The number of aliphatic carboxylic acids is 1.